The highest BCUT2D eigenvalue weighted by atomic mass is 16.2. The molecule has 0 aliphatic heterocycles. The van der Waals surface area contributed by atoms with Gasteiger partial charge >= 0.3 is 0 Å². The van der Waals surface area contributed by atoms with Crippen molar-refractivity contribution in [3.8, 4) is 0 Å². The van der Waals surface area contributed by atoms with Gasteiger partial charge in [-0.05, 0) is 30.5 Å². The minimum Gasteiger partial charge on any atom is -0.324 e. The predicted molar refractivity (Wildman–Crippen MR) is 81.7 cm³/mol. The lowest BCUT2D eigenvalue weighted by atomic mass is 10.1. The van der Waals surface area contributed by atoms with Crippen LogP contribution in [0.1, 0.15) is 37.6 Å². The Balaban J connectivity index is 1.93. The third-order valence-corrected chi connectivity index (χ3v) is 3.33. The molecule has 1 atom stereocenters. The first kappa shape index (κ1) is 15.2. The second kappa shape index (κ2) is 6.99. The standard InChI is InChI=1S/C15H21N5O/c1-3-11-5-7-12(8-6-11)17-15(21)10-20-9-14(18-19-20)13(16)4-2/h5-9,13H,3-4,10,16H2,1-2H3,(H,17,21). The lowest BCUT2D eigenvalue weighted by Crippen LogP contribution is -2.19. The van der Waals surface area contributed by atoms with Gasteiger partial charge in [-0.25, -0.2) is 4.68 Å². The molecule has 0 aliphatic carbocycles. The summed E-state index contributed by atoms with van der Waals surface area (Å²) in [5.74, 6) is -0.138. The van der Waals surface area contributed by atoms with Crippen molar-refractivity contribution in [2.45, 2.75) is 39.3 Å². The number of aryl methyl sites for hydroxylation is 1. The van der Waals surface area contributed by atoms with Gasteiger partial charge in [-0.3, -0.25) is 4.79 Å². The summed E-state index contributed by atoms with van der Waals surface area (Å²) >= 11 is 0. The van der Waals surface area contributed by atoms with Gasteiger partial charge < -0.3 is 11.1 Å². The molecule has 0 saturated carbocycles. The number of anilines is 1. The van der Waals surface area contributed by atoms with Crippen LogP contribution in [0.4, 0.5) is 5.69 Å². The molecule has 6 heteroatoms. The highest BCUT2D eigenvalue weighted by Gasteiger charge is 2.10. The smallest absolute Gasteiger partial charge is 0.246 e. The Hall–Kier alpha value is -2.21. The largest absolute Gasteiger partial charge is 0.324 e. The number of hydrogen-bond donors (Lipinski definition) is 2. The number of nitrogens with one attached hydrogen (secondary N) is 1. The number of aromatic nitrogens is 3. The molecule has 2 aromatic rings. The zero-order chi connectivity index (χ0) is 15.2. The summed E-state index contributed by atoms with van der Waals surface area (Å²) in [7, 11) is 0. The van der Waals surface area contributed by atoms with Gasteiger partial charge in [0.1, 0.15) is 6.54 Å². The van der Waals surface area contributed by atoms with E-state index >= 15 is 0 Å². The molecule has 1 amide bonds. The normalized spacial score (nSPS) is 12.1. The number of nitrogens with two attached hydrogens (primary N) is 1. The molecule has 3 N–H and O–H groups in total. The van der Waals surface area contributed by atoms with Gasteiger partial charge in [0.15, 0.2) is 0 Å². The van der Waals surface area contributed by atoms with Gasteiger partial charge in [-0.2, -0.15) is 0 Å². The molecular weight excluding hydrogens is 266 g/mol. The van der Waals surface area contributed by atoms with Crippen LogP contribution in [-0.2, 0) is 17.8 Å². The van der Waals surface area contributed by atoms with E-state index < -0.39 is 0 Å². The number of carbonyl (C=O) groups excluding carboxylic acids is 1. The van der Waals surface area contributed by atoms with E-state index in [1.165, 1.54) is 10.2 Å². The highest BCUT2D eigenvalue weighted by molar-refractivity contribution is 5.90. The molecule has 1 aromatic carbocycles. The van der Waals surface area contributed by atoms with E-state index in [0.29, 0.717) is 5.69 Å². The van der Waals surface area contributed by atoms with Crippen molar-refractivity contribution in [2.24, 2.45) is 5.73 Å². The Labute approximate surface area is 124 Å². The Bertz CT molecular complexity index is 590. The molecule has 1 unspecified atom stereocenters. The fraction of sp³-hybridized carbons (Fsp3) is 0.400. The van der Waals surface area contributed by atoms with Crippen LogP contribution in [0.3, 0.4) is 0 Å². The van der Waals surface area contributed by atoms with E-state index in [4.69, 9.17) is 5.73 Å². The van der Waals surface area contributed by atoms with Gasteiger partial charge in [0, 0.05) is 5.69 Å². The van der Waals surface area contributed by atoms with E-state index in [2.05, 4.69) is 22.6 Å². The quantitative estimate of drug-likeness (QED) is 0.849. The summed E-state index contributed by atoms with van der Waals surface area (Å²) in [6, 6.07) is 7.67. The number of benzene rings is 1. The van der Waals surface area contributed by atoms with E-state index in [-0.39, 0.29) is 18.5 Å². The zero-order valence-corrected chi connectivity index (χ0v) is 12.4. The van der Waals surface area contributed by atoms with Gasteiger partial charge in [0.05, 0.1) is 17.9 Å². The maximum atomic E-state index is 12.0. The van der Waals surface area contributed by atoms with Crippen LogP contribution >= 0.6 is 0 Å². The summed E-state index contributed by atoms with van der Waals surface area (Å²) in [6.07, 6.45) is 3.48. The third kappa shape index (κ3) is 4.13. The predicted octanol–water partition coefficient (Wildman–Crippen LogP) is 1.89. The van der Waals surface area contributed by atoms with Crippen LogP contribution in [0, 0.1) is 0 Å². The lowest BCUT2D eigenvalue weighted by Gasteiger charge is -2.06. The Morgan fingerprint density at radius 1 is 1.33 bits per heavy atom. The van der Waals surface area contributed by atoms with E-state index in [1.54, 1.807) is 6.20 Å². The Morgan fingerprint density at radius 2 is 2.05 bits per heavy atom. The minimum absolute atomic E-state index is 0.124. The summed E-state index contributed by atoms with van der Waals surface area (Å²) < 4.78 is 1.50. The highest BCUT2D eigenvalue weighted by Crippen LogP contribution is 2.11. The van der Waals surface area contributed by atoms with Crippen LogP contribution in [0.15, 0.2) is 30.5 Å². The van der Waals surface area contributed by atoms with Crippen LogP contribution in [0.2, 0.25) is 0 Å². The summed E-state index contributed by atoms with van der Waals surface area (Å²) in [6.45, 7) is 4.20. The summed E-state index contributed by atoms with van der Waals surface area (Å²) in [5, 5.41) is 10.7. The van der Waals surface area contributed by atoms with Crippen molar-refractivity contribution in [3.05, 3.63) is 41.7 Å². The topological polar surface area (TPSA) is 85.8 Å². The zero-order valence-electron chi connectivity index (χ0n) is 12.4. The molecule has 21 heavy (non-hydrogen) atoms. The first-order valence-corrected chi connectivity index (χ1v) is 7.16. The number of carbonyl (C=O) groups is 1. The molecule has 1 heterocycles. The molecule has 1 aromatic heterocycles. The Morgan fingerprint density at radius 3 is 2.67 bits per heavy atom. The van der Waals surface area contributed by atoms with Crippen molar-refractivity contribution < 1.29 is 4.79 Å². The maximum Gasteiger partial charge on any atom is 0.246 e. The first-order chi connectivity index (χ1) is 10.1. The molecule has 0 bridgehead atoms. The van der Waals surface area contributed by atoms with E-state index in [9.17, 15) is 4.79 Å². The monoisotopic (exact) mass is 287 g/mol. The molecule has 0 aliphatic rings. The van der Waals surface area contributed by atoms with Crippen molar-refractivity contribution in [2.75, 3.05) is 5.32 Å². The lowest BCUT2D eigenvalue weighted by molar-refractivity contribution is -0.116. The minimum atomic E-state index is -0.138. The van der Waals surface area contributed by atoms with Gasteiger partial charge in [0.2, 0.25) is 5.91 Å². The van der Waals surface area contributed by atoms with Gasteiger partial charge in [-0.15, -0.1) is 5.10 Å². The fourth-order valence-electron chi connectivity index (χ4n) is 1.94. The van der Waals surface area contributed by atoms with Crippen LogP contribution in [-0.4, -0.2) is 20.9 Å². The van der Waals surface area contributed by atoms with Crippen LogP contribution in [0.25, 0.3) is 0 Å². The van der Waals surface area contributed by atoms with Crippen molar-refractivity contribution in [3.63, 3.8) is 0 Å². The van der Waals surface area contributed by atoms with E-state index in [1.807, 2.05) is 31.2 Å². The molecule has 0 saturated heterocycles. The number of amides is 1. The Kier molecular flexibility index (Phi) is 5.05. The van der Waals surface area contributed by atoms with Crippen molar-refractivity contribution >= 4 is 11.6 Å². The number of hydrogen-bond acceptors (Lipinski definition) is 4. The van der Waals surface area contributed by atoms with Crippen LogP contribution < -0.4 is 11.1 Å². The van der Waals surface area contributed by atoms with Crippen molar-refractivity contribution in [1.82, 2.24) is 15.0 Å². The van der Waals surface area contributed by atoms with Crippen molar-refractivity contribution in [1.29, 1.82) is 0 Å². The summed E-state index contributed by atoms with van der Waals surface area (Å²) in [4.78, 5) is 12.0. The van der Waals surface area contributed by atoms with E-state index in [0.717, 1.165) is 18.5 Å². The molecule has 112 valence electrons. The average molecular weight is 287 g/mol. The van der Waals surface area contributed by atoms with Crippen LogP contribution in [0.5, 0.6) is 0 Å². The van der Waals surface area contributed by atoms with Gasteiger partial charge in [-0.1, -0.05) is 31.2 Å². The molecular formula is C15H21N5O. The SMILES string of the molecule is CCc1ccc(NC(=O)Cn2cc(C(N)CC)nn2)cc1. The molecule has 0 radical (unpaired) electrons. The fourth-order valence-corrected chi connectivity index (χ4v) is 1.94. The maximum absolute atomic E-state index is 12.0. The first-order valence-electron chi connectivity index (χ1n) is 7.16. The number of nitrogens with zero attached hydrogens (tertiary/aromatic N) is 3. The molecule has 0 spiro atoms. The second-order valence-electron chi connectivity index (χ2n) is 4.95. The molecule has 0 fully saturated rings. The third-order valence-electron chi connectivity index (χ3n) is 3.33. The molecule has 2 rings (SSSR count). The second-order valence-corrected chi connectivity index (χ2v) is 4.95. The van der Waals surface area contributed by atoms with Gasteiger partial charge in [0.25, 0.3) is 0 Å². The molecule has 6 nitrogen and oxygen atoms in total. The summed E-state index contributed by atoms with van der Waals surface area (Å²) in [5.41, 5.74) is 8.60. The average Bonchev–Trinajstić information content (AvgIpc) is 2.95. The number of rotatable bonds is 6.